The molecule has 34 heavy (non-hydrogen) atoms. The number of hydrogen-bond acceptors (Lipinski definition) is 6. The minimum Gasteiger partial charge on any atom is -0.444 e. The predicted octanol–water partition coefficient (Wildman–Crippen LogP) is 4.90. The first kappa shape index (κ1) is 22.7. The van der Waals surface area contributed by atoms with Gasteiger partial charge in [0.1, 0.15) is 17.7 Å². The first-order chi connectivity index (χ1) is 16.3. The van der Waals surface area contributed by atoms with Gasteiger partial charge in [-0.1, -0.05) is 35.9 Å². The Hall–Kier alpha value is -3.06. The van der Waals surface area contributed by atoms with E-state index < -0.39 is 5.60 Å². The molecule has 0 aliphatic carbocycles. The summed E-state index contributed by atoms with van der Waals surface area (Å²) in [6.45, 7) is 9.96. The molecule has 0 saturated carbocycles. The molecule has 0 N–H and O–H groups in total. The van der Waals surface area contributed by atoms with Crippen LogP contribution < -0.4 is 9.80 Å². The number of anilines is 2. The van der Waals surface area contributed by atoms with Crippen LogP contribution in [0.3, 0.4) is 0 Å². The van der Waals surface area contributed by atoms with E-state index in [0.717, 1.165) is 59.0 Å². The minimum absolute atomic E-state index is 0.249. The summed E-state index contributed by atoms with van der Waals surface area (Å²) in [5, 5.41) is 3.00. The van der Waals surface area contributed by atoms with Crippen molar-refractivity contribution in [1.29, 1.82) is 0 Å². The molecule has 3 aromatic rings. The van der Waals surface area contributed by atoms with Crippen molar-refractivity contribution >= 4 is 40.0 Å². The number of fused-ring (bicyclic) bond motifs is 2. The molecule has 0 spiro atoms. The molecular formula is C26H30ClN5O2. The zero-order chi connectivity index (χ0) is 23.9. The molecule has 0 atom stereocenters. The number of rotatable bonds is 2. The van der Waals surface area contributed by atoms with E-state index in [-0.39, 0.29) is 6.09 Å². The maximum absolute atomic E-state index is 12.4. The highest BCUT2D eigenvalue weighted by atomic mass is 35.5. The van der Waals surface area contributed by atoms with Crippen molar-refractivity contribution < 1.29 is 9.53 Å². The second-order valence-electron chi connectivity index (χ2n) is 9.86. The summed E-state index contributed by atoms with van der Waals surface area (Å²) in [4.78, 5) is 28.1. The zero-order valence-electron chi connectivity index (χ0n) is 19.9. The molecule has 1 aromatic heterocycles. The summed E-state index contributed by atoms with van der Waals surface area (Å²) < 4.78 is 5.53. The largest absolute Gasteiger partial charge is 0.444 e. The fraction of sp³-hybridized carbons (Fsp3) is 0.423. The normalized spacial score (nSPS) is 16.5. The lowest BCUT2D eigenvalue weighted by atomic mass is 10.0. The Morgan fingerprint density at radius 3 is 2.44 bits per heavy atom. The smallest absolute Gasteiger partial charge is 0.410 e. The van der Waals surface area contributed by atoms with Gasteiger partial charge in [0.25, 0.3) is 0 Å². The van der Waals surface area contributed by atoms with Crippen LogP contribution in [0, 0.1) is 0 Å². The molecule has 1 fully saturated rings. The summed E-state index contributed by atoms with van der Waals surface area (Å²) in [7, 11) is 0. The molecule has 0 unspecified atom stereocenters. The van der Waals surface area contributed by atoms with Crippen LogP contribution in [0.4, 0.5) is 16.3 Å². The number of carbonyl (C=O) groups is 1. The summed E-state index contributed by atoms with van der Waals surface area (Å²) in [6, 6.07) is 12.3. The molecule has 1 saturated heterocycles. The van der Waals surface area contributed by atoms with Crippen molar-refractivity contribution in [2.75, 3.05) is 42.5 Å². The average Bonchev–Trinajstić information content (AvgIpc) is 2.82. The molecular weight excluding hydrogens is 450 g/mol. The molecule has 1 amide bonds. The topological polar surface area (TPSA) is 61.8 Å². The van der Waals surface area contributed by atoms with E-state index >= 15 is 0 Å². The number of aromatic nitrogens is 2. The lowest BCUT2D eigenvalue weighted by Gasteiger charge is -2.38. The number of hydrogen-bond donors (Lipinski definition) is 0. The molecule has 3 heterocycles. The maximum atomic E-state index is 12.4. The van der Waals surface area contributed by atoms with Gasteiger partial charge in [0.05, 0.1) is 17.3 Å². The summed E-state index contributed by atoms with van der Waals surface area (Å²) >= 11 is 6.58. The molecule has 2 aliphatic heterocycles. The van der Waals surface area contributed by atoms with Crippen molar-refractivity contribution in [3.8, 4) is 0 Å². The quantitative estimate of drug-likeness (QED) is 0.520. The van der Waals surface area contributed by atoms with E-state index in [4.69, 9.17) is 16.3 Å². The van der Waals surface area contributed by atoms with Gasteiger partial charge in [0, 0.05) is 49.4 Å². The van der Waals surface area contributed by atoms with E-state index in [1.54, 1.807) is 11.2 Å². The number of carbonyl (C=O) groups excluding carboxylic acids is 1. The van der Waals surface area contributed by atoms with Crippen LogP contribution in [0.2, 0.25) is 5.02 Å². The summed E-state index contributed by atoms with van der Waals surface area (Å²) in [6.07, 6.45) is 2.27. The highest BCUT2D eigenvalue weighted by Crippen LogP contribution is 2.36. The van der Waals surface area contributed by atoms with Crippen LogP contribution >= 0.6 is 11.6 Å². The molecule has 7 nitrogen and oxygen atoms in total. The lowest BCUT2D eigenvalue weighted by molar-refractivity contribution is 0.0240. The number of ether oxygens (including phenoxy) is 1. The molecule has 8 heteroatoms. The Morgan fingerprint density at radius 2 is 1.71 bits per heavy atom. The van der Waals surface area contributed by atoms with Crippen LogP contribution in [0.15, 0.2) is 42.7 Å². The fourth-order valence-corrected chi connectivity index (χ4v) is 5.06. The molecule has 2 aromatic carbocycles. The van der Waals surface area contributed by atoms with Crippen molar-refractivity contribution in [3.63, 3.8) is 0 Å². The van der Waals surface area contributed by atoms with Gasteiger partial charge in [0.15, 0.2) is 0 Å². The third-order valence-electron chi connectivity index (χ3n) is 6.39. The maximum Gasteiger partial charge on any atom is 0.410 e. The van der Waals surface area contributed by atoms with Crippen molar-refractivity contribution in [2.45, 2.75) is 39.3 Å². The predicted molar refractivity (Wildman–Crippen MR) is 136 cm³/mol. The molecule has 178 valence electrons. The second-order valence-corrected chi connectivity index (χ2v) is 10.3. The molecule has 0 bridgehead atoms. The second kappa shape index (κ2) is 8.95. The lowest BCUT2D eigenvalue weighted by Crippen LogP contribution is -2.50. The number of nitrogens with zero attached hydrogens (tertiary/aromatic N) is 5. The van der Waals surface area contributed by atoms with Gasteiger partial charge < -0.3 is 19.4 Å². The average molecular weight is 480 g/mol. The first-order valence-electron chi connectivity index (χ1n) is 11.8. The zero-order valence-corrected chi connectivity index (χ0v) is 20.7. The Labute approximate surface area is 205 Å². The standard InChI is InChI=1S/C26H30ClN5O2/c1-26(2,3)34-25(33)31-14-12-30(13-15-31)24-19-10-11-32(16-21(19)28-17-29-24)22-9-5-7-18-6-4-8-20(27)23(18)22/h4-9,17H,10-16H2,1-3H3. The van der Waals surface area contributed by atoms with Crippen molar-refractivity contribution in [3.05, 3.63) is 59.0 Å². The Balaban J connectivity index is 1.33. The van der Waals surface area contributed by atoms with Gasteiger partial charge in [-0.15, -0.1) is 0 Å². The van der Waals surface area contributed by atoms with E-state index in [1.807, 2.05) is 32.9 Å². The van der Waals surface area contributed by atoms with E-state index in [1.165, 1.54) is 5.56 Å². The third-order valence-corrected chi connectivity index (χ3v) is 6.70. The summed E-state index contributed by atoms with van der Waals surface area (Å²) in [5.74, 6) is 0.990. The minimum atomic E-state index is -0.486. The third kappa shape index (κ3) is 4.49. The Bertz CT molecular complexity index is 1210. The Kier molecular flexibility index (Phi) is 5.98. The number of piperazine rings is 1. The van der Waals surface area contributed by atoms with Crippen molar-refractivity contribution in [2.24, 2.45) is 0 Å². The van der Waals surface area contributed by atoms with Gasteiger partial charge in [-0.3, -0.25) is 0 Å². The highest BCUT2D eigenvalue weighted by molar-refractivity contribution is 6.36. The monoisotopic (exact) mass is 479 g/mol. The van der Waals surface area contributed by atoms with Gasteiger partial charge >= 0.3 is 6.09 Å². The van der Waals surface area contributed by atoms with Crippen molar-refractivity contribution in [1.82, 2.24) is 14.9 Å². The Morgan fingerprint density at radius 1 is 0.971 bits per heavy atom. The van der Waals surface area contributed by atoms with Gasteiger partial charge in [0.2, 0.25) is 0 Å². The van der Waals surface area contributed by atoms with Crippen LogP contribution in [-0.2, 0) is 17.7 Å². The molecule has 2 aliphatic rings. The SMILES string of the molecule is CC(C)(C)OC(=O)N1CCN(c2ncnc3c2CCN(c2cccc4cccc(Cl)c24)C3)CC1. The highest BCUT2D eigenvalue weighted by Gasteiger charge is 2.29. The van der Waals surface area contributed by atoms with Crippen LogP contribution in [0.1, 0.15) is 32.0 Å². The number of amides is 1. The van der Waals surface area contributed by atoms with Gasteiger partial charge in [-0.05, 0) is 44.7 Å². The molecule has 5 rings (SSSR count). The van der Waals surface area contributed by atoms with Gasteiger partial charge in [-0.2, -0.15) is 0 Å². The number of halogens is 1. The van der Waals surface area contributed by atoms with E-state index in [2.05, 4.69) is 44.0 Å². The summed E-state index contributed by atoms with van der Waals surface area (Å²) in [5.41, 5.74) is 2.91. The fourth-order valence-electron chi connectivity index (χ4n) is 4.78. The van der Waals surface area contributed by atoms with Crippen LogP contribution in [0.25, 0.3) is 10.8 Å². The first-order valence-corrected chi connectivity index (χ1v) is 12.2. The number of benzene rings is 2. The van der Waals surface area contributed by atoms with Gasteiger partial charge in [-0.25, -0.2) is 14.8 Å². The van der Waals surface area contributed by atoms with Crippen LogP contribution in [0.5, 0.6) is 0 Å². The van der Waals surface area contributed by atoms with E-state index in [0.29, 0.717) is 19.6 Å². The van der Waals surface area contributed by atoms with E-state index in [9.17, 15) is 4.79 Å². The molecule has 0 radical (unpaired) electrons. The van der Waals surface area contributed by atoms with Crippen LogP contribution in [-0.4, -0.2) is 59.3 Å².